The Kier molecular flexibility index (Phi) is 4.70. The third kappa shape index (κ3) is 3.28. The number of ether oxygens (including phenoxy) is 2. The van der Waals surface area contributed by atoms with Crippen molar-refractivity contribution in [3.63, 3.8) is 0 Å². The van der Waals surface area contributed by atoms with E-state index in [0.717, 1.165) is 5.56 Å². The molecule has 0 fully saturated rings. The van der Waals surface area contributed by atoms with Crippen LogP contribution in [0.4, 0.5) is 5.69 Å². The van der Waals surface area contributed by atoms with E-state index in [4.69, 9.17) is 21.1 Å². The highest BCUT2D eigenvalue weighted by molar-refractivity contribution is 6.31. The third-order valence-electron chi connectivity index (χ3n) is 3.07. The van der Waals surface area contributed by atoms with Crippen molar-refractivity contribution in [1.82, 2.24) is 0 Å². The quantitative estimate of drug-likeness (QED) is 0.931. The topological polar surface area (TPSA) is 47.6 Å². The molecule has 1 N–H and O–H groups in total. The molecule has 0 spiro atoms. The number of para-hydroxylation sites is 1. The van der Waals surface area contributed by atoms with Gasteiger partial charge in [0.2, 0.25) is 0 Å². The van der Waals surface area contributed by atoms with Gasteiger partial charge in [0.05, 0.1) is 25.5 Å². The highest BCUT2D eigenvalue weighted by Gasteiger charge is 2.15. The van der Waals surface area contributed by atoms with Crippen LogP contribution in [0.2, 0.25) is 5.02 Å². The van der Waals surface area contributed by atoms with E-state index in [1.54, 1.807) is 31.4 Å². The normalized spacial score (nSPS) is 10.1. The van der Waals surface area contributed by atoms with E-state index in [-0.39, 0.29) is 5.91 Å². The molecule has 2 rings (SSSR count). The maximum absolute atomic E-state index is 12.4. The van der Waals surface area contributed by atoms with Gasteiger partial charge in [-0.1, -0.05) is 23.7 Å². The molecule has 1 amide bonds. The Bertz CT molecular complexity index is 671. The van der Waals surface area contributed by atoms with Crippen LogP contribution in [-0.2, 0) is 0 Å². The average Bonchev–Trinajstić information content (AvgIpc) is 2.47. The highest BCUT2D eigenvalue weighted by Crippen LogP contribution is 2.29. The number of methoxy groups -OCH3 is 2. The molecule has 2 aromatic carbocycles. The van der Waals surface area contributed by atoms with Crippen molar-refractivity contribution >= 4 is 23.2 Å². The Morgan fingerprint density at radius 3 is 2.57 bits per heavy atom. The van der Waals surface area contributed by atoms with Crippen LogP contribution < -0.4 is 14.8 Å². The van der Waals surface area contributed by atoms with E-state index in [1.165, 1.54) is 7.11 Å². The first kappa shape index (κ1) is 15.2. The summed E-state index contributed by atoms with van der Waals surface area (Å²) in [6.07, 6.45) is 0. The van der Waals surface area contributed by atoms with Gasteiger partial charge in [-0.25, -0.2) is 0 Å². The Balaban J connectivity index is 2.35. The average molecular weight is 306 g/mol. The van der Waals surface area contributed by atoms with Crippen LogP contribution in [0.5, 0.6) is 11.5 Å². The summed E-state index contributed by atoms with van der Waals surface area (Å²) in [5, 5.41) is 3.31. The Morgan fingerprint density at radius 2 is 1.90 bits per heavy atom. The first-order valence-corrected chi connectivity index (χ1v) is 6.73. The minimum atomic E-state index is -0.281. The van der Waals surface area contributed by atoms with E-state index in [2.05, 4.69) is 5.32 Å². The number of hydrogen-bond donors (Lipinski definition) is 1. The second-order valence-electron chi connectivity index (χ2n) is 4.45. The third-order valence-corrected chi connectivity index (χ3v) is 3.31. The number of nitrogens with one attached hydrogen (secondary N) is 1. The smallest absolute Gasteiger partial charge is 0.259 e. The van der Waals surface area contributed by atoms with Gasteiger partial charge in [-0.2, -0.15) is 0 Å². The number of anilines is 1. The molecular weight excluding hydrogens is 290 g/mol. The second-order valence-corrected chi connectivity index (χ2v) is 4.89. The fourth-order valence-electron chi connectivity index (χ4n) is 2.07. The predicted octanol–water partition coefficient (Wildman–Crippen LogP) is 3.92. The minimum absolute atomic E-state index is 0.281. The molecular formula is C16H16ClNO3. The largest absolute Gasteiger partial charge is 0.496 e. The van der Waals surface area contributed by atoms with Crippen LogP contribution >= 0.6 is 11.6 Å². The van der Waals surface area contributed by atoms with Crippen molar-refractivity contribution in [2.24, 2.45) is 0 Å². The van der Waals surface area contributed by atoms with Crippen LogP contribution in [0.15, 0.2) is 36.4 Å². The zero-order chi connectivity index (χ0) is 15.4. The first-order valence-electron chi connectivity index (χ1n) is 6.35. The Morgan fingerprint density at radius 1 is 1.14 bits per heavy atom. The number of halogens is 1. The lowest BCUT2D eigenvalue weighted by Gasteiger charge is -2.13. The van der Waals surface area contributed by atoms with E-state index in [9.17, 15) is 4.79 Å². The zero-order valence-electron chi connectivity index (χ0n) is 12.1. The van der Waals surface area contributed by atoms with E-state index >= 15 is 0 Å². The van der Waals surface area contributed by atoms with Gasteiger partial charge < -0.3 is 14.8 Å². The van der Waals surface area contributed by atoms with Crippen molar-refractivity contribution in [3.8, 4) is 11.5 Å². The molecule has 5 heteroatoms. The lowest BCUT2D eigenvalue weighted by atomic mass is 10.1. The Hall–Kier alpha value is -2.20. The molecule has 110 valence electrons. The molecule has 0 atom stereocenters. The Labute approximate surface area is 128 Å². The van der Waals surface area contributed by atoms with Crippen molar-refractivity contribution < 1.29 is 14.3 Å². The molecule has 0 saturated carbocycles. The molecule has 0 aliphatic carbocycles. The summed E-state index contributed by atoms with van der Waals surface area (Å²) in [6, 6.07) is 10.4. The van der Waals surface area contributed by atoms with E-state index in [0.29, 0.717) is 27.8 Å². The van der Waals surface area contributed by atoms with Crippen LogP contribution in [0, 0.1) is 6.92 Å². The maximum Gasteiger partial charge on any atom is 0.259 e. The monoisotopic (exact) mass is 305 g/mol. The van der Waals surface area contributed by atoms with Crippen molar-refractivity contribution in [3.05, 3.63) is 52.5 Å². The number of benzene rings is 2. The van der Waals surface area contributed by atoms with Gasteiger partial charge in [-0.15, -0.1) is 0 Å². The molecule has 0 aliphatic rings. The van der Waals surface area contributed by atoms with Gasteiger partial charge in [-0.05, 0) is 36.8 Å². The van der Waals surface area contributed by atoms with Gasteiger partial charge in [0.25, 0.3) is 5.91 Å². The highest BCUT2D eigenvalue weighted by atomic mass is 35.5. The van der Waals surface area contributed by atoms with Gasteiger partial charge in [-0.3, -0.25) is 4.79 Å². The van der Waals surface area contributed by atoms with Crippen LogP contribution in [-0.4, -0.2) is 20.1 Å². The van der Waals surface area contributed by atoms with Crippen molar-refractivity contribution in [1.29, 1.82) is 0 Å². The minimum Gasteiger partial charge on any atom is -0.496 e. The summed E-state index contributed by atoms with van der Waals surface area (Å²) in [6.45, 7) is 1.88. The van der Waals surface area contributed by atoms with Crippen LogP contribution in [0.1, 0.15) is 15.9 Å². The second kappa shape index (κ2) is 6.50. The molecule has 2 aromatic rings. The molecule has 0 saturated heterocycles. The molecule has 0 unspecified atom stereocenters. The lowest BCUT2D eigenvalue weighted by molar-refractivity contribution is 0.102. The standard InChI is InChI=1S/C16H16ClNO3/c1-10-5-4-6-12(15(10)21-3)16(19)18-13-9-11(17)7-8-14(13)20-2/h4-9H,1-3H3,(H,18,19). The number of carbonyl (C=O) groups is 1. The van der Waals surface area contributed by atoms with E-state index in [1.807, 2.05) is 19.1 Å². The van der Waals surface area contributed by atoms with Crippen molar-refractivity contribution in [2.45, 2.75) is 6.92 Å². The summed E-state index contributed by atoms with van der Waals surface area (Å²) in [4.78, 5) is 12.4. The number of amides is 1. The molecule has 0 bridgehead atoms. The number of aryl methyl sites for hydroxylation is 1. The first-order chi connectivity index (χ1) is 10.1. The summed E-state index contributed by atoms with van der Waals surface area (Å²) in [7, 11) is 3.07. The number of hydrogen-bond acceptors (Lipinski definition) is 3. The maximum atomic E-state index is 12.4. The fraction of sp³-hybridized carbons (Fsp3) is 0.188. The SMILES string of the molecule is COc1ccc(Cl)cc1NC(=O)c1cccc(C)c1OC. The van der Waals surface area contributed by atoms with Crippen molar-refractivity contribution in [2.75, 3.05) is 19.5 Å². The lowest BCUT2D eigenvalue weighted by Crippen LogP contribution is -2.14. The van der Waals surface area contributed by atoms with Gasteiger partial charge >= 0.3 is 0 Å². The summed E-state index contributed by atoms with van der Waals surface area (Å²) >= 11 is 5.96. The molecule has 0 aliphatic heterocycles. The van der Waals surface area contributed by atoms with Crippen LogP contribution in [0.3, 0.4) is 0 Å². The molecule has 21 heavy (non-hydrogen) atoms. The predicted molar refractivity (Wildman–Crippen MR) is 83.7 cm³/mol. The zero-order valence-corrected chi connectivity index (χ0v) is 12.8. The van der Waals surface area contributed by atoms with E-state index < -0.39 is 0 Å². The molecule has 0 radical (unpaired) electrons. The number of rotatable bonds is 4. The summed E-state index contributed by atoms with van der Waals surface area (Å²) < 4.78 is 10.5. The van der Waals surface area contributed by atoms with Gasteiger partial charge in [0, 0.05) is 5.02 Å². The fourth-order valence-corrected chi connectivity index (χ4v) is 2.24. The van der Waals surface area contributed by atoms with Gasteiger partial charge in [0.1, 0.15) is 11.5 Å². The molecule has 0 aromatic heterocycles. The summed E-state index contributed by atoms with van der Waals surface area (Å²) in [5.41, 5.74) is 1.86. The summed E-state index contributed by atoms with van der Waals surface area (Å²) in [5.74, 6) is 0.812. The van der Waals surface area contributed by atoms with Crippen LogP contribution in [0.25, 0.3) is 0 Å². The van der Waals surface area contributed by atoms with Gasteiger partial charge in [0.15, 0.2) is 0 Å². The molecule has 0 heterocycles. The molecule has 4 nitrogen and oxygen atoms in total. The number of carbonyl (C=O) groups excluding carboxylic acids is 1.